The summed E-state index contributed by atoms with van der Waals surface area (Å²) in [5, 5.41) is 9.54. The maximum Gasteiger partial charge on any atom is 0.509 e. The first-order chi connectivity index (χ1) is 11.8. The summed E-state index contributed by atoms with van der Waals surface area (Å²) in [6.07, 6.45) is -4.73. The van der Waals surface area contributed by atoms with Crippen LogP contribution < -0.4 is 11.4 Å². The van der Waals surface area contributed by atoms with E-state index in [1.165, 1.54) is 20.8 Å². The van der Waals surface area contributed by atoms with Crippen molar-refractivity contribution in [1.29, 1.82) is 0 Å². The minimum Gasteiger partial charge on any atom is -0.429 e. The highest BCUT2D eigenvalue weighted by Crippen LogP contribution is 2.49. The fraction of sp³-hybridized carbons (Fsp3) is 0.667. The standard InChI is InChI=1S/C15H21F2N3O6/c1-13(2,3)26-12(23)24-9-14(4,7-21)25-10(15(9,16)17)20-6-5-8(18)19-11(20)22/h5-6,9-10,21H,7H2,1-4H3,(H2,18,19,22)/t9?,10-,14?/m1/s1. The quantitative estimate of drug-likeness (QED) is 0.749. The molecule has 1 aliphatic heterocycles. The molecular weight excluding hydrogens is 356 g/mol. The Morgan fingerprint density at radius 3 is 2.62 bits per heavy atom. The van der Waals surface area contributed by atoms with Crippen molar-refractivity contribution in [2.24, 2.45) is 0 Å². The monoisotopic (exact) mass is 377 g/mol. The molecule has 9 nitrogen and oxygen atoms in total. The molecule has 0 bridgehead atoms. The van der Waals surface area contributed by atoms with Gasteiger partial charge < -0.3 is 25.1 Å². The van der Waals surface area contributed by atoms with Crippen LogP contribution in [0.4, 0.5) is 19.4 Å². The lowest BCUT2D eigenvalue weighted by atomic mass is 9.97. The number of halogens is 2. The molecule has 146 valence electrons. The molecule has 0 saturated carbocycles. The number of rotatable bonds is 3. The highest BCUT2D eigenvalue weighted by Gasteiger charge is 2.68. The molecule has 0 spiro atoms. The number of aliphatic hydroxyl groups excluding tert-OH is 1. The van der Waals surface area contributed by atoms with Crippen molar-refractivity contribution < 1.29 is 32.9 Å². The summed E-state index contributed by atoms with van der Waals surface area (Å²) < 4.78 is 45.2. The molecule has 0 radical (unpaired) electrons. The van der Waals surface area contributed by atoms with Gasteiger partial charge in [0.05, 0.1) is 6.61 Å². The van der Waals surface area contributed by atoms with Gasteiger partial charge in [0.25, 0.3) is 0 Å². The first-order valence-corrected chi connectivity index (χ1v) is 7.71. The lowest BCUT2D eigenvalue weighted by molar-refractivity contribution is -0.149. The van der Waals surface area contributed by atoms with Crippen LogP contribution in [0.15, 0.2) is 17.1 Å². The minimum absolute atomic E-state index is 0.154. The number of alkyl halides is 2. The summed E-state index contributed by atoms with van der Waals surface area (Å²) in [4.78, 5) is 27.1. The average Bonchev–Trinajstić information content (AvgIpc) is 2.67. The first-order valence-electron chi connectivity index (χ1n) is 7.71. The number of aromatic nitrogens is 2. The third-order valence-corrected chi connectivity index (χ3v) is 3.64. The highest BCUT2D eigenvalue weighted by atomic mass is 19.3. The number of carbonyl (C=O) groups excluding carboxylic acids is 1. The van der Waals surface area contributed by atoms with Crippen LogP contribution >= 0.6 is 0 Å². The molecule has 0 amide bonds. The Morgan fingerprint density at radius 2 is 2.12 bits per heavy atom. The van der Waals surface area contributed by atoms with Crippen LogP contribution in [0.3, 0.4) is 0 Å². The summed E-state index contributed by atoms with van der Waals surface area (Å²) in [5.41, 5.74) is 1.32. The predicted octanol–water partition coefficient (Wildman–Crippen LogP) is 1.06. The van der Waals surface area contributed by atoms with E-state index in [9.17, 15) is 23.5 Å². The van der Waals surface area contributed by atoms with Crippen LogP contribution in [0.1, 0.15) is 33.9 Å². The van der Waals surface area contributed by atoms with E-state index >= 15 is 0 Å². The molecule has 2 unspecified atom stereocenters. The Bertz CT molecular complexity index is 748. The van der Waals surface area contributed by atoms with E-state index in [1.807, 2.05) is 0 Å². The zero-order valence-corrected chi connectivity index (χ0v) is 14.7. The van der Waals surface area contributed by atoms with Crippen LogP contribution in [-0.4, -0.2) is 50.6 Å². The Kier molecular flexibility index (Phi) is 4.99. The number of aliphatic hydroxyl groups is 1. The fourth-order valence-electron chi connectivity index (χ4n) is 2.47. The van der Waals surface area contributed by atoms with Crippen LogP contribution in [0.5, 0.6) is 0 Å². The third kappa shape index (κ3) is 3.78. The molecule has 1 aromatic rings. The number of nitrogens with zero attached hydrogens (tertiary/aromatic N) is 2. The lowest BCUT2D eigenvalue weighted by Gasteiger charge is -2.29. The summed E-state index contributed by atoms with van der Waals surface area (Å²) in [6.45, 7) is 4.83. The van der Waals surface area contributed by atoms with Gasteiger partial charge in [0.15, 0.2) is 0 Å². The summed E-state index contributed by atoms with van der Waals surface area (Å²) in [5.74, 6) is -4.02. The number of anilines is 1. The van der Waals surface area contributed by atoms with E-state index in [0.29, 0.717) is 4.57 Å². The van der Waals surface area contributed by atoms with Gasteiger partial charge in [-0.3, -0.25) is 4.57 Å². The number of hydrogen-bond donors (Lipinski definition) is 2. The highest BCUT2D eigenvalue weighted by molar-refractivity contribution is 5.61. The Balaban J connectivity index is 2.38. The number of carbonyl (C=O) groups is 1. The minimum atomic E-state index is -3.87. The number of nitrogens with two attached hydrogens (primary N) is 1. The Labute approximate surface area is 147 Å². The zero-order chi connectivity index (χ0) is 19.9. The van der Waals surface area contributed by atoms with Crippen LogP contribution in [0.25, 0.3) is 0 Å². The van der Waals surface area contributed by atoms with Gasteiger partial charge in [-0.25, -0.2) is 9.59 Å². The maximum absolute atomic E-state index is 14.9. The van der Waals surface area contributed by atoms with Crippen LogP contribution in [-0.2, 0) is 14.2 Å². The number of nitrogen functional groups attached to an aromatic ring is 1. The van der Waals surface area contributed by atoms with E-state index in [2.05, 4.69) is 4.98 Å². The Morgan fingerprint density at radius 1 is 1.50 bits per heavy atom. The van der Waals surface area contributed by atoms with Gasteiger partial charge in [0.2, 0.25) is 12.3 Å². The van der Waals surface area contributed by atoms with E-state index in [1.54, 1.807) is 0 Å². The van der Waals surface area contributed by atoms with Crippen molar-refractivity contribution in [2.45, 2.75) is 57.2 Å². The molecule has 1 saturated heterocycles. The van der Waals surface area contributed by atoms with Crippen molar-refractivity contribution in [1.82, 2.24) is 9.55 Å². The molecule has 0 aliphatic carbocycles. The van der Waals surface area contributed by atoms with E-state index in [-0.39, 0.29) is 5.82 Å². The second kappa shape index (κ2) is 6.47. The molecule has 1 aromatic heterocycles. The first kappa shape index (κ1) is 20.0. The fourth-order valence-corrected chi connectivity index (χ4v) is 2.47. The van der Waals surface area contributed by atoms with Crippen molar-refractivity contribution in [3.63, 3.8) is 0 Å². The molecule has 1 aliphatic rings. The average molecular weight is 377 g/mol. The van der Waals surface area contributed by atoms with Gasteiger partial charge in [-0.05, 0) is 33.8 Å². The number of ether oxygens (including phenoxy) is 3. The normalized spacial score (nSPS) is 28.0. The molecule has 11 heteroatoms. The van der Waals surface area contributed by atoms with Crippen molar-refractivity contribution >= 4 is 12.0 Å². The predicted molar refractivity (Wildman–Crippen MR) is 84.6 cm³/mol. The molecule has 26 heavy (non-hydrogen) atoms. The molecule has 2 heterocycles. The third-order valence-electron chi connectivity index (χ3n) is 3.64. The molecule has 1 fully saturated rings. The maximum atomic E-state index is 14.9. The second-order valence-electron chi connectivity index (χ2n) is 7.12. The number of hydrogen-bond acceptors (Lipinski definition) is 8. The molecule has 0 aromatic carbocycles. The largest absolute Gasteiger partial charge is 0.509 e. The molecule has 3 N–H and O–H groups in total. The van der Waals surface area contributed by atoms with Gasteiger partial charge in [-0.2, -0.15) is 13.8 Å². The molecular formula is C15H21F2N3O6. The van der Waals surface area contributed by atoms with Crippen molar-refractivity contribution in [3.05, 3.63) is 22.7 Å². The van der Waals surface area contributed by atoms with Gasteiger partial charge in [-0.1, -0.05) is 0 Å². The van der Waals surface area contributed by atoms with E-state index in [4.69, 9.17) is 19.9 Å². The smallest absolute Gasteiger partial charge is 0.429 e. The van der Waals surface area contributed by atoms with E-state index in [0.717, 1.165) is 19.2 Å². The molecule has 3 atom stereocenters. The van der Waals surface area contributed by atoms with Gasteiger partial charge in [0, 0.05) is 6.20 Å². The summed E-state index contributed by atoms with van der Waals surface area (Å²) in [6, 6.07) is 1.14. The van der Waals surface area contributed by atoms with Crippen LogP contribution in [0, 0.1) is 0 Å². The van der Waals surface area contributed by atoms with E-state index < -0.39 is 47.9 Å². The second-order valence-corrected chi connectivity index (χ2v) is 7.12. The topological polar surface area (TPSA) is 126 Å². The van der Waals surface area contributed by atoms with Crippen molar-refractivity contribution in [2.75, 3.05) is 12.3 Å². The molecule has 2 rings (SSSR count). The van der Waals surface area contributed by atoms with Crippen LogP contribution in [0.2, 0.25) is 0 Å². The lowest BCUT2D eigenvalue weighted by Crippen LogP contribution is -2.50. The summed E-state index contributed by atoms with van der Waals surface area (Å²) in [7, 11) is 0. The van der Waals surface area contributed by atoms with Gasteiger partial charge in [0.1, 0.15) is 17.0 Å². The van der Waals surface area contributed by atoms with Gasteiger partial charge >= 0.3 is 17.8 Å². The van der Waals surface area contributed by atoms with Gasteiger partial charge in [-0.15, -0.1) is 0 Å². The van der Waals surface area contributed by atoms with Crippen molar-refractivity contribution in [3.8, 4) is 0 Å². The SMILES string of the molecule is CC(C)(C)OC(=O)OC1C(C)(CO)O[C@@H](n2ccc(N)nc2=O)C1(F)F. The summed E-state index contributed by atoms with van der Waals surface area (Å²) >= 11 is 0. The Hall–Kier alpha value is -2.27. The zero-order valence-electron chi connectivity index (χ0n) is 14.7.